The average molecular weight is 465 g/mol. The molecule has 2 aliphatic rings. The predicted octanol–water partition coefficient (Wildman–Crippen LogP) is 2.63. The van der Waals surface area contributed by atoms with E-state index in [1.165, 1.54) is 12.1 Å². The van der Waals surface area contributed by atoms with Gasteiger partial charge in [0.05, 0.1) is 25.4 Å². The van der Waals surface area contributed by atoms with Gasteiger partial charge < -0.3 is 14.4 Å². The number of pyridine rings is 1. The van der Waals surface area contributed by atoms with E-state index in [4.69, 9.17) is 4.74 Å². The fourth-order valence-corrected chi connectivity index (χ4v) is 3.97. The second-order valence-corrected chi connectivity index (χ2v) is 8.07. The number of hydrogen-bond donors (Lipinski definition) is 1. The lowest BCUT2D eigenvalue weighted by Crippen LogP contribution is -2.48. The number of rotatable bonds is 6. The molecule has 178 valence electrons. The largest absolute Gasteiger partial charge is 0.573 e. The number of carbonyl (C=O) groups excluding carboxylic acids is 1. The normalized spacial score (nSPS) is 20.1. The zero-order valence-corrected chi connectivity index (χ0v) is 18.2. The first-order valence-electron chi connectivity index (χ1n) is 10.7. The average Bonchev–Trinajstić information content (AvgIpc) is 3.14. The molecule has 2 fully saturated rings. The van der Waals surface area contributed by atoms with Crippen LogP contribution in [0.15, 0.2) is 42.7 Å². The number of nitrogens with zero attached hydrogens (tertiary/aromatic N) is 4. The summed E-state index contributed by atoms with van der Waals surface area (Å²) in [5.74, 6) is -0.452. The zero-order valence-electron chi connectivity index (χ0n) is 18.2. The number of morpholine rings is 1. The van der Waals surface area contributed by atoms with Crippen LogP contribution in [-0.4, -0.2) is 72.7 Å². The Morgan fingerprint density at radius 3 is 2.64 bits per heavy atom. The van der Waals surface area contributed by atoms with Crippen molar-refractivity contribution >= 4 is 11.6 Å². The molecule has 2 aromatic rings. The lowest BCUT2D eigenvalue weighted by atomic mass is 10.1. The van der Waals surface area contributed by atoms with Crippen LogP contribution in [0.1, 0.15) is 22.8 Å². The van der Waals surface area contributed by atoms with Crippen molar-refractivity contribution in [2.45, 2.75) is 25.9 Å². The third kappa shape index (κ3) is 6.12. The van der Waals surface area contributed by atoms with E-state index >= 15 is 0 Å². The molecule has 1 aromatic heterocycles. The van der Waals surface area contributed by atoms with Crippen LogP contribution in [-0.2, 0) is 11.3 Å². The summed E-state index contributed by atoms with van der Waals surface area (Å²) in [5, 5.41) is 1.84. The minimum atomic E-state index is -4.71. The Kier molecular flexibility index (Phi) is 7.01. The van der Waals surface area contributed by atoms with E-state index in [9.17, 15) is 18.0 Å². The molecule has 0 radical (unpaired) electrons. The first kappa shape index (κ1) is 23.3. The molecule has 33 heavy (non-hydrogen) atoms. The fraction of sp³-hybridized carbons (Fsp3) is 0.455. The Balaban J connectivity index is 1.40. The molecule has 0 bridgehead atoms. The van der Waals surface area contributed by atoms with Gasteiger partial charge in [-0.1, -0.05) is 0 Å². The van der Waals surface area contributed by atoms with Crippen molar-refractivity contribution in [2.75, 3.05) is 44.4 Å². The van der Waals surface area contributed by atoms with Gasteiger partial charge in [-0.15, -0.1) is 13.2 Å². The molecule has 1 N–H and O–H groups in total. The van der Waals surface area contributed by atoms with Crippen molar-refractivity contribution < 1.29 is 27.4 Å². The van der Waals surface area contributed by atoms with Gasteiger partial charge in [0.25, 0.3) is 5.91 Å². The minimum Gasteiger partial charge on any atom is -0.406 e. The highest BCUT2D eigenvalue weighted by Gasteiger charge is 2.32. The number of alkyl halides is 3. The van der Waals surface area contributed by atoms with Gasteiger partial charge in [0.15, 0.2) is 0 Å². The highest BCUT2D eigenvalue weighted by molar-refractivity contribution is 5.95. The van der Waals surface area contributed by atoms with Crippen molar-refractivity contribution in [2.24, 2.45) is 0 Å². The number of hydrazine groups is 1. The summed E-state index contributed by atoms with van der Waals surface area (Å²) in [7, 11) is 0. The van der Waals surface area contributed by atoms with Gasteiger partial charge in [0.1, 0.15) is 5.75 Å². The van der Waals surface area contributed by atoms with E-state index in [-0.39, 0.29) is 17.7 Å². The SMILES string of the molecule is CC1CN(c2ccc(OC(F)(F)F)cc2)CN1Cc1ccncc1C(=O)NN1CCOCC1. The maximum absolute atomic E-state index is 12.9. The van der Waals surface area contributed by atoms with Crippen molar-refractivity contribution in [1.29, 1.82) is 0 Å². The molecule has 1 unspecified atom stereocenters. The number of ether oxygens (including phenoxy) is 2. The third-order valence-corrected chi connectivity index (χ3v) is 5.70. The lowest BCUT2D eigenvalue weighted by molar-refractivity contribution is -0.274. The van der Waals surface area contributed by atoms with Crippen LogP contribution in [0.25, 0.3) is 0 Å². The van der Waals surface area contributed by atoms with Crippen molar-refractivity contribution in [3.63, 3.8) is 0 Å². The summed E-state index contributed by atoms with van der Waals surface area (Å²) < 4.78 is 46.4. The predicted molar refractivity (Wildman–Crippen MR) is 114 cm³/mol. The van der Waals surface area contributed by atoms with Gasteiger partial charge >= 0.3 is 6.36 Å². The van der Waals surface area contributed by atoms with Crippen molar-refractivity contribution in [1.82, 2.24) is 20.3 Å². The van der Waals surface area contributed by atoms with Crippen LogP contribution in [0.3, 0.4) is 0 Å². The van der Waals surface area contributed by atoms with Crippen LogP contribution >= 0.6 is 0 Å². The van der Waals surface area contributed by atoms with Crippen LogP contribution in [0.2, 0.25) is 0 Å². The molecule has 4 rings (SSSR count). The second-order valence-electron chi connectivity index (χ2n) is 8.07. The standard InChI is InChI=1S/C22H26F3N5O3/c1-16-13-29(18-2-4-19(5-3-18)33-22(23,24)25)15-28(16)14-17-6-7-26-12-20(17)21(31)27-30-8-10-32-11-9-30/h2-7,12,16H,8-11,13-15H2,1H3,(H,27,31). The molecular formula is C22H26F3N5O3. The topological polar surface area (TPSA) is 70.2 Å². The zero-order chi connectivity index (χ0) is 23.4. The van der Waals surface area contributed by atoms with Crippen LogP contribution in [0.5, 0.6) is 5.75 Å². The number of hydrogen-bond acceptors (Lipinski definition) is 7. The summed E-state index contributed by atoms with van der Waals surface area (Å²) in [6.07, 6.45) is -1.47. The molecule has 8 nitrogen and oxygen atoms in total. The maximum Gasteiger partial charge on any atom is 0.573 e. The number of halogens is 3. The van der Waals surface area contributed by atoms with E-state index < -0.39 is 6.36 Å². The summed E-state index contributed by atoms with van der Waals surface area (Å²) in [6.45, 7) is 6.32. The summed E-state index contributed by atoms with van der Waals surface area (Å²) in [6, 6.07) is 7.88. The number of carbonyl (C=O) groups is 1. The van der Waals surface area contributed by atoms with Crippen molar-refractivity contribution in [3.05, 3.63) is 53.9 Å². The smallest absolute Gasteiger partial charge is 0.406 e. The second kappa shape index (κ2) is 9.94. The molecule has 0 spiro atoms. The molecule has 0 aliphatic carbocycles. The Bertz CT molecular complexity index is 951. The van der Waals surface area contributed by atoms with Crippen LogP contribution in [0, 0.1) is 0 Å². The van der Waals surface area contributed by atoms with Gasteiger partial charge in [0.2, 0.25) is 0 Å². The number of benzene rings is 1. The van der Waals surface area contributed by atoms with E-state index in [2.05, 4.69) is 31.9 Å². The highest BCUT2D eigenvalue weighted by atomic mass is 19.4. The van der Waals surface area contributed by atoms with E-state index in [1.807, 2.05) is 11.1 Å². The number of nitrogens with one attached hydrogen (secondary N) is 1. The molecule has 1 amide bonds. The third-order valence-electron chi connectivity index (χ3n) is 5.70. The summed E-state index contributed by atoms with van der Waals surface area (Å²) in [4.78, 5) is 21.3. The molecule has 2 saturated heterocycles. The van der Waals surface area contributed by atoms with Crippen LogP contribution < -0.4 is 15.1 Å². The Labute approximate surface area is 189 Å². The first-order valence-corrected chi connectivity index (χ1v) is 10.7. The van der Waals surface area contributed by atoms with E-state index in [0.29, 0.717) is 51.6 Å². The fourth-order valence-electron chi connectivity index (χ4n) is 3.97. The molecule has 3 heterocycles. The molecule has 2 aliphatic heterocycles. The summed E-state index contributed by atoms with van der Waals surface area (Å²) >= 11 is 0. The minimum absolute atomic E-state index is 0.180. The van der Waals surface area contributed by atoms with Gasteiger partial charge in [-0.2, -0.15) is 0 Å². The maximum atomic E-state index is 12.9. The van der Waals surface area contributed by atoms with Gasteiger partial charge in [-0.3, -0.25) is 20.1 Å². The van der Waals surface area contributed by atoms with Gasteiger partial charge in [-0.05, 0) is 42.8 Å². The quantitative estimate of drug-likeness (QED) is 0.704. The van der Waals surface area contributed by atoms with Gasteiger partial charge in [0, 0.05) is 50.3 Å². The first-order chi connectivity index (χ1) is 15.8. The Hall–Kier alpha value is -2.89. The number of amides is 1. The lowest BCUT2D eigenvalue weighted by Gasteiger charge is -2.27. The van der Waals surface area contributed by atoms with E-state index in [0.717, 1.165) is 11.3 Å². The molecule has 0 saturated carbocycles. The monoisotopic (exact) mass is 465 g/mol. The van der Waals surface area contributed by atoms with E-state index in [1.54, 1.807) is 24.5 Å². The molecule has 11 heteroatoms. The van der Waals surface area contributed by atoms with Gasteiger partial charge in [-0.25, -0.2) is 5.01 Å². The number of aromatic nitrogens is 1. The van der Waals surface area contributed by atoms with Crippen LogP contribution in [0.4, 0.5) is 18.9 Å². The Morgan fingerprint density at radius 2 is 1.94 bits per heavy atom. The highest BCUT2D eigenvalue weighted by Crippen LogP contribution is 2.28. The Morgan fingerprint density at radius 1 is 1.21 bits per heavy atom. The molecule has 1 aromatic carbocycles. The summed E-state index contributed by atoms with van der Waals surface area (Å²) in [5.41, 5.74) is 5.10. The molecule has 1 atom stereocenters. The number of anilines is 1. The molecular weight excluding hydrogens is 439 g/mol. The van der Waals surface area contributed by atoms with Crippen molar-refractivity contribution in [3.8, 4) is 5.75 Å².